The van der Waals surface area contributed by atoms with Gasteiger partial charge in [0.2, 0.25) is 0 Å². The largest absolute Gasteiger partial charge is 0.346 e. The van der Waals surface area contributed by atoms with E-state index in [1.54, 1.807) is 0 Å². The summed E-state index contributed by atoms with van der Waals surface area (Å²) in [6.45, 7) is 2.88. The van der Waals surface area contributed by atoms with Crippen molar-refractivity contribution in [2.24, 2.45) is 4.99 Å². The first kappa shape index (κ1) is 6.91. The Labute approximate surface area is 75.9 Å². The highest BCUT2D eigenvalue weighted by atomic mass is 15.6. The number of hydrazine groups is 1. The molecular weight excluding hydrogens is 164 g/mol. The van der Waals surface area contributed by atoms with E-state index < -0.39 is 0 Å². The summed E-state index contributed by atoms with van der Waals surface area (Å²) in [5, 5.41) is 1.99. The van der Waals surface area contributed by atoms with E-state index in [9.17, 15) is 0 Å². The maximum Gasteiger partial charge on any atom is 0.146 e. The molecule has 0 spiro atoms. The van der Waals surface area contributed by atoms with Crippen molar-refractivity contribution >= 4 is 11.5 Å². The first-order valence-electron chi connectivity index (χ1n) is 4.33. The van der Waals surface area contributed by atoms with E-state index in [1.807, 2.05) is 24.2 Å². The van der Waals surface area contributed by atoms with Crippen molar-refractivity contribution in [3.8, 4) is 0 Å². The van der Waals surface area contributed by atoms with Crippen LogP contribution in [0.15, 0.2) is 29.2 Å². The van der Waals surface area contributed by atoms with Crippen molar-refractivity contribution in [3.63, 3.8) is 0 Å². The molecule has 3 rings (SSSR count). The number of nitrogens with one attached hydrogen (secondary N) is 2. The van der Waals surface area contributed by atoms with E-state index >= 15 is 0 Å². The SMILES string of the molecule is CC1=NC2=CCNN2c2[nH]ccc21. The molecule has 2 N–H and O–H groups in total. The molecule has 0 saturated heterocycles. The number of anilines is 1. The van der Waals surface area contributed by atoms with Gasteiger partial charge in [-0.05, 0) is 19.1 Å². The second kappa shape index (κ2) is 2.23. The van der Waals surface area contributed by atoms with Gasteiger partial charge < -0.3 is 4.98 Å². The maximum atomic E-state index is 4.48. The zero-order valence-corrected chi connectivity index (χ0v) is 7.33. The summed E-state index contributed by atoms with van der Waals surface area (Å²) in [5.41, 5.74) is 5.47. The maximum absolute atomic E-state index is 4.48. The molecule has 4 heteroatoms. The molecule has 66 valence electrons. The third kappa shape index (κ3) is 0.805. The Morgan fingerprint density at radius 1 is 1.54 bits per heavy atom. The van der Waals surface area contributed by atoms with Crippen molar-refractivity contribution in [1.82, 2.24) is 10.4 Å². The first-order valence-corrected chi connectivity index (χ1v) is 4.33. The minimum Gasteiger partial charge on any atom is -0.346 e. The molecule has 0 radical (unpaired) electrons. The fraction of sp³-hybridized carbons (Fsp3) is 0.222. The Hall–Kier alpha value is -1.55. The summed E-state index contributed by atoms with van der Waals surface area (Å²) < 4.78 is 0. The van der Waals surface area contributed by atoms with E-state index in [1.165, 1.54) is 5.56 Å². The van der Waals surface area contributed by atoms with Crippen LogP contribution >= 0.6 is 0 Å². The van der Waals surface area contributed by atoms with Gasteiger partial charge in [-0.25, -0.2) is 15.4 Å². The second-order valence-electron chi connectivity index (χ2n) is 3.20. The summed E-state index contributed by atoms with van der Waals surface area (Å²) in [4.78, 5) is 7.68. The van der Waals surface area contributed by atoms with Crippen LogP contribution in [-0.4, -0.2) is 17.2 Å². The van der Waals surface area contributed by atoms with E-state index in [-0.39, 0.29) is 0 Å². The molecule has 0 amide bonds. The van der Waals surface area contributed by atoms with Crippen LogP contribution < -0.4 is 10.4 Å². The molecule has 1 aromatic rings. The Balaban J connectivity index is 2.24. The molecule has 0 saturated carbocycles. The smallest absolute Gasteiger partial charge is 0.146 e. The monoisotopic (exact) mass is 174 g/mol. The third-order valence-electron chi connectivity index (χ3n) is 2.38. The highest BCUT2D eigenvalue weighted by Gasteiger charge is 2.25. The van der Waals surface area contributed by atoms with Crippen molar-refractivity contribution in [1.29, 1.82) is 0 Å². The molecular formula is C9H10N4. The molecule has 2 aliphatic heterocycles. The zero-order chi connectivity index (χ0) is 8.84. The number of aromatic amines is 1. The van der Waals surface area contributed by atoms with Crippen molar-refractivity contribution < 1.29 is 0 Å². The van der Waals surface area contributed by atoms with Gasteiger partial charge in [0.25, 0.3) is 0 Å². The van der Waals surface area contributed by atoms with E-state index in [0.29, 0.717) is 0 Å². The Bertz CT molecular complexity index is 413. The summed E-state index contributed by atoms with van der Waals surface area (Å²) in [6, 6.07) is 2.05. The summed E-state index contributed by atoms with van der Waals surface area (Å²) >= 11 is 0. The molecule has 13 heavy (non-hydrogen) atoms. The summed E-state index contributed by atoms with van der Waals surface area (Å²) in [7, 11) is 0. The number of H-pyrrole nitrogens is 1. The average Bonchev–Trinajstić information content (AvgIpc) is 2.66. The molecule has 0 fully saturated rings. The minimum atomic E-state index is 0.852. The Morgan fingerprint density at radius 2 is 2.46 bits per heavy atom. The number of rotatable bonds is 0. The number of hydrogen-bond acceptors (Lipinski definition) is 3. The lowest BCUT2D eigenvalue weighted by molar-refractivity contribution is 0.772. The fourth-order valence-corrected chi connectivity index (χ4v) is 1.76. The lowest BCUT2D eigenvalue weighted by Gasteiger charge is -2.23. The molecule has 0 aromatic carbocycles. The zero-order valence-electron chi connectivity index (χ0n) is 7.33. The van der Waals surface area contributed by atoms with Crippen LogP contribution in [0.5, 0.6) is 0 Å². The Kier molecular flexibility index (Phi) is 1.19. The predicted octanol–water partition coefficient (Wildman–Crippen LogP) is 1.00. The van der Waals surface area contributed by atoms with Crippen LogP contribution in [0.3, 0.4) is 0 Å². The first-order chi connectivity index (χ1) is 6.36. The van der Waals surface area contributed by atoms with E-state index in [0.717, 1.165) is 23.9 Å². The highest BCUT2D eigenvalue weighted by molar-refractivity contribution is 6.05. The average molecular weight is 174 g/mol. The quantitative estimate of drug-likeness (QED) is 0.616. The molecule has 0 atom stereocenters. The van der Waals surface area contributed by atoms with Gasteiger partial charge in [-0.3, -0.25) is 0 Å². The third-order valence-corrected chi connectivity index (χ3v) is 2.38. The normalized spacial score (nSPS) is 19.3. The summed E-state index contributed by atoms with van der Waals surface area (Å²) in [6.07, 6.45) is 4.01. The van der Waals surface area contributed by atoms with Gasteiger partial charge in [-0.15, -0.1) is 0 Å². The molecule has 2 aliphatic rings. The van der Waals surface area contributed by atoms with Crippen LogP contribution in [0.4, 0.5) is 5.82 Å². The highest BCUT2D eigenvalue weighted by Crippen LogP contribution is 2.28. The predicted molar refractivity (Wildman–Crippen MR) is 51.6 cm³/mol. The van der Waals surface area contributed by atoms with Gasteiger partial charge in [-0.2, -0.15) is 0 Å². The topological polar surface area (TPSA) is 43.4 Å². The number of aromatic nitrogens is 1. The lowest BCUT2D eigenvalue weighted by Crippen LogP contribution is -2.34. The van der Waals surface area contributed by atoms with Crippen LogP contribution in [-0.2, 0) is 0 Å². The number of aliphatic imine (C=N–C) groups is 1. The van der Waals surface area contributed by atoms with Crippen LogP contribution in [0.1, 0.15) is 12.5 Å². The second-order valence-corrected chi connectivity index (χ2v) is 3.20. The molecule has 0 bridgehead atoms. The van der Waals surface area contributed by atoms with E-state index in [4.69, 9.17) is 0 Å². The Morgan fingerprint density at radius 3 is 3.38 bits per heavy atom. The van der Waals surface area contributed by atoms with Gasteiger partial charge >= 0.3 is 0 Å². The van der Waals surface area contributed by atoms with Crippen LogP contribution in [0, 0.1) is 0 Å². The number of nitrogens with zero attached hydrogens (tertiary/aromatic N) is 2. The van der Waals surface area contributed by atoms with Gasteiger partial charge in [0, 0.05) is 18.3 Å². The van der Waals surface area contributed by atoms with E-state index in [2.05, 4.69) is 21.5 Å². The van der Waals surface area contributed by atoms with Crippen LogP contribution in [0.2, 0.25) is 0 Å². The fourth-order valence-electron chi connectivity index (χ4n) is 1.76. The molecule has 0 aliphatic carbocycles. The standard InChI is InChI=1S/C9H10N4/c1-6-7-2-4-10-9(7)13-8(12-6)3-5-11-13/h2-4,10-11H,5H2,1H3. The number of hydrogen-bond donors (Lipinski definition) is 2. The van der Waals surface area contributed by atoms with Gasteiger partial charge in [0.05, 0.1) is 5.71 Å². The van der Waals surface area contributed by atoms with Crippen LogP contribution in [0.25, 0.3) is 0 Å². The lowest BCUT2D eigenvalue weighted by atomic mass is 10.2. The number of fused-ring (bicyclic) bond motifs is 3. The molecule has 0 unspecified atom stereocenters. The molecule has 4 nitrogen and oxygen atoms in total. The van der Waals surface area contributed by atoms with Crippen molar-refractivity contribution in [2.45, 2.75) is 6.92 Å². The van der Waals surface area contributed by atoms with Gasteiger partial charge in [-0.1, -0.05) is 0 Å². The van der Waals surface area contributed by atoms with Gasteiger partial charge in [0.1, 0.15) is 11.6 Å². The van der Waals surface area contributed by atoms with Gasteiger partial charge in [0.15, 0.2) is 0 Å². The minimum absolute atomic E-state index is 0.852. The van der Waals surface area contributed by atoms with Crippen molar-refractivity contribution in [3.05, 3.63) is 29.7 Å². The molecule has 3 heterocycles. The molecule has 1 aromatic heterocycles. The van der Waals surface area contributed by atoms with Crippen molar-refractivity contribution in [2.75, 3.05) is 11.6 Å². The summed E-state index contributed by atoms with van der Waals surface area (Å²) in [5.74, 6) is 2.09.